The van der Waals surface area contributed by atoms with Crippen LogP contribution in [0.3, 0.4) is 0 Å². The largest absolute Gasteiger partial charge is 0.505 e. The summed E-state index contributed by atoms with van der Waals surface area (Å²) in [4.78, 5) is 24.1. The molecule has 70 heavy (non-hydrogen) atoms. The summed E-state index contributed by atoms with van der Waals surface area (Å²) in [7, 11) is 0. The van der Waals surface area contributed by atoms with E-state index in [0.717, 1.165) is 44.9 Å². The van der Waals surface area contributed by atoms with Gasteiger partial charge in [-0.2, -0.15) is 15.2 Å². The zero-order valence-corrected chi connectivity index (χ0v) is 39.5. The van der Waals surface area contributed by atoms with E-state index in [-0.39, 0.29) is 51.2 Å². The lowest BCUT2D eigenvalue weighted by Gasteiger charge is -2.28. The van der Waals surface area contributed by atoms with Crippen LogP contribution in [-0.2, 0) is 43.3 Å². The first-order valence-corrected chi connectivity index (χ1v) is 23.5. The first-order valence-electron chi connectivity index (χ1n) is 23.5. The van der Waals surface area contributed by atoms with Gasteiger partial charge in [-0.25, -0.2) is 4.79 Å². The predicted octanol–water partition coefficient (Wildman–Crippen LogP) is 8.68. The zero-order valence-electron chi connectivity index (χ0n) is 39.5. The maximum absolute atomic E-state index is 13.1. The molecular weight excluding hydrogens is 877 g/mol. The number of carbonyl (C=O) groups excluding carboxylic acids is 1. The fourth-order valence-electron chi connectivity index (χ4n) is 8.62. The summed E-state index contributed by atoms with van der Waals surface area (Å²) in [6.45, 7) is 2.66. The van der Waals surface area contributed by atoms with E-state index in [1.54, 1.807) is 25.1 Å². The van der Waals surface area contributed by atoms with Crippen molar-refractivity contribution in [3.8, 4) is 17.1 Å². The van der Waals surface area contributed by atoms with Gasteiger partial charge >= 0.3 is 11.9 Å². The molecule has 1 amide bonds. The number of nitrogens with two attached hydrogens (primary N) is 4. The van der Waals surface area contributed by atoms with Crippen LogP contribution >= 0.6 is 0 Å². The molecule has 0 radical (unpaired) electrons. The van der Waals surface area contributed by atoms with Crippen LogP contribution in [0.1, 0.15) is 63.7 Å². The van der Waals surface area contributed by atoms with E-state index in [1.165, 1.54) is 56.9 Å². The number of anilines is 2. The van der Waals surface area contributed by atoms with Crippen molar-refractivity contribution in [2.75, 3.05) is 23.5 Å². The summed E-state index contributed by atoms with van der Waals surface area (Å²) >= 11 is 0. The molecular formula is C57H62N8O5. The number of benzene rings is 6. The number of nitrogens with zero attached hydrogens (tertiary/aromatic N) is 3. The molecule has 0 saturated carbocycles. The Balaban J connectivity index is 0.000000170. The number of carboxylic acid groups (broad SMARTS) is 1. The van der Waals surface area contributed by atoms with Gasteiger partial charge < -0.3 is 37.6 Å². The summed E-state index contributed by atoms with van der Waals surface area (Å²) in [6.07, 6.45) is 7.60. The van der Waals surface area contributed by atoms with Crippen molar-refractivity contribution in [3.05, 3.63) is 209 Å². The third-order valence-electron chi connectivity index (χ3n) is 12.4. The quantitative estimate of drug-likeness (QED) is 0.0382. The van der Waals surface area contributed by atoms with E-state index < -0.39 is 5.97 Å². The van der Waals surface area contributed by atoms with E-state index >= 15 is 0 Å². The highest BCUT2D eigenvalue weighted by atomic mass is 16.4. The minimum atomic E-state index is -1.20. The zero-order chi connectivity index (χ0) is 49.5. The normalized spacial score (nSPS) is 13.9. The Morgan fingerprint density at radius 1 is 0.671 bits per heavy atom. The number of aryl methyl sites for hydroxylation is 2. The Morgan fingerprint density at radius 3 is 1.61 bits per heavy atom. The van der Waals surface area contributed by atoms with Crippen molar-refractivity contribution in [2.24, 2.45) is 33.1 Å². The lowest BCUT2D eigenvalue weighted by molar-refractivity contribution is -0.112. The fraction of sp³-hybridized carbons (Fsp3) is 0.228. The first-order chi connectivity index (χ1) is 33.9. The maximum atomic E-state index is 13.1. The molecule has 11 N–H and O–H groups in total. The third-order valence-corrected chi connectivity index (χ3v) is 12.4. The molecule has 1 aliphatic carbocycles. The summed E-state index contributed by atoms with van der Waals surface area (Å²) in [6, 6.07) is 54.7. The molecule has 0 atom stereocenters. The standard InChI is InChI=1S/C25H22N4O5.2C16H20N2/c1-14-22(24(31)29(28-14)17-10-9-15-5-2-3-6-16(15)13-17)27-26-19-8-4-7-18(23(19)30)20-11-12-21(34-20)25(32)33;2*17-13-16(18,11-14-7-3-1-4-8-14)12-15-9-5-2-6-10-15/h4,7-13,26,30H,2-3,5-6H2,1H3,(H,32,33);2*1-10H,11-13,17-18H2/b27-22-;;. The van der Waals surface area contributed by atoms with Crippen molar-refractivity contribution >= 4 is 34.7 Å². The number of para-hydroxylation sites is 1. The summed E-state index contributed by atoms with van der Waals surface area (Å²) < 4.78 is 5.28. The molecule has 1 aliphatic heterocycles. The van der Waals surface area contributed by atoms with Crippen LogP contribution in [0.2, 0.25) is 0 Å². The third kappa shape index (κ3) is 13.3. The van der Waals surface area contributed by atoms with Gasteiger partial charge in [-0.05, 0) is 128 Å². The smallest absolute Gasteiger partial charge is 0.371 e. The van der Waals surface area contributed by atoms with Crippen molar-refractivity contribution in [1.29, 1.82) is 0 Å². The summed E-state index contributed by atoms with van der Waals surface area (Å²) in [5.41, 5.74) is 35.9. The van der Waals surface area contributed by atoms with E-state index in [0.29, 0.717) is 24.5 Å². The molecule has 6 aromatic carbocycles. The number of fused-ring (bicyclic) bond motifs is 1. The lowest BCUT2D eigenvalue weighted by Crippen LogP contribution is -2.50. The number of carboxylic acids is 1. The molecule has 2 heterocycles. The van der Waals surface area contributed by atoms with Crippen LogP contribution in [0, 0.1) is 0 Å². The van der Waals surface area contributed by atoms with Crippen molar-refractivity contribution in [2.45, 2.75) is 69.4 Å². The second-order valence-corrected chi connectivity index (χ2v) is 18.0. The molecule has 0 bridgehead atoms. The number of phenolic OH excluding ortho intramolecular Hbond substituents is 1. The number of furan rings is 1. The molecule has 1 aromatic heterocycles. The van der Waals surface area contributed by atoms with Gasteiger partial charge in [-0.1, -0.05) is 133 Å². The second-order valence-electron chi connectivity index (χ2n) is 18.0. The SMILES string of the molecule is CC1=NN(c2ccc3c(c2)CCCC3)C(=O)/C1=N\Nc1cccc(-c2ccc(C(=O)O)o2)c1O.NCC(N)(Cc1ccccc1)Cc1ccccc1.NCC(N)(Cc1ccccc1)Cc1ccccc1. The molecule has 13 nitrogen and oxygen atoms in total. The van der Waals surface area contributed by atoms with Crippen molar-refractivity contribution in [3.63, 3.8) is 0 Å². The number of aromatic carboxylic acids is 1. The van der Waals surface area contributed by atoms with Crippen molar-refractivity contribution < 1.29 is 24.2 Å². The number of hydrogen-bond donors (Lipinski definition) is 7. The fourth-order valence-corrected chi connectivity index (χ4v) is 8.62. The highest BCUT2D eigenvalue weighted by Gasteiger charge is 2.32. The summed E-state index contributed by atoms with van der Waals surface area (Å²) in [5, 5.41) is 29.7. The van der Waals surface area contributed by atoms with Crippen LogP contribution in [-0.4, -0.2) is 57.7 Å². The number of nitrogens with one attached hydrogen (secondary N) is 1. The van der Waals surface area contributed by atoms with Gasteiger partial charge in [-0.3, -0.25) is 10.2 Å². The Kier molecular flexibility index (Phi) is 16.9. The summed E-state index contributed by atoms with van der Waals surface area (Å²) in [5.74, 6) is -1.80. The van der Waals surface area contributed by atoms with Gasteiger partial charge in [0.15, 0.2) is 11.5 Å². The maximum Gasteiger partial charge on any atom is 0.371 e. The van der Waals surface area contributed by atoms with E-state index in [4.69, 9.17) is 32.5 Å². The molecule has 2 aliphatic rings. The monoisotopic (exact) mass is 938 g/mol. The topological polar surface area (TPSA) is 232 Å². The minimum absolute atomic E-state index is 0.133. The van der Waals surface area contributed by atoms with E-state index in [2.05, 4.69) is 70.2 Å². The average molecular weight is 939 g/mol. The average Bonchev–Trinajstić information content (AvgIpc) is 3.99. The van der Waals surface area contributed by atoms with E-state index in [9.17, 15) is 14.7 Å². The van der Waals surface area contributed by atoms with Gasteiger partial charge in [0.1, 0.15) is 5.76 Å². The Bertz CT molecular complexity index is 2710. The molecule has 0 saturated heterocycles. The molecule has 9 rings (SSSR count). The van der Waals surface area contributed by atoms with Gasteiger partial charge in [0, 0.05) is 24.2 Å². The van der Waals surface area contributed by atoms with Gasteiger partial charge in [0.25, 0.3) is 0 Å². The van der Waals surface area contributed by atoms with Crippen LogP contribution < -0.4 is 33.4 Å². The van der Waals surface area contributed by atoms with Crippen LogP contribution in [0.4, 0.5) is 11.4 Å². The Morgan fingerprint density at radius 2 is 1.16 bits per heavy atom. The molecule has 0 fully saturated rings. The molecule has 7 aromatic rings. The highest BCUT2D eigenvalue weighted by Crippen LogP contribution is 2.37. The van der Waals surface area contributed by atoms with Crippen LogP contribution in [0.5, 0.6) is 5.75 Å². The number of rotatable bonds is 15. The minimum Gasteiger partial charge on any atom is -0.505 e. The van der Waals surface area contributed by atoms with Gasteiger partial charge in [0.2, 0.25) is 5.76 Å². The molecule has 13 heteroatoms. The number of amides is 1. The molecule has 360 valence electrons. The van der Waals surface area contributed by atoms with Gasteiger partial charge in [-0.15, -0.1) is 0 Å². The lowest BCUT2D eigenvalue weighted by atomic mass is 9.86. The Labute approximate surface area is 409 Å². The first kappa shape index (κ1) is 50.2. The Hall–Kier alpha value is -7.68. The number of carbonyl (C=O) groups is 2. The molecule has 0 spiro atoms. The number of aromatic hydroxyl groups is 1. The number of hydrazone groups is 2. The number of hydrogen-bond acceptors (Lipinski definition) is 11. The van der Waals surface area contributed by atoms with Crippen LogP contribution in [0.15, 0.2) is 184 Å². The second kappa shape index (κ2) is 23.6. The molecule has 0 unspecified atom stereocenters. The van der Waals surface area contributed by atoms with Gasteiger partial charge in [0.05, 0.1) is 22.6 Å². The highest BCUT2D eigenvalue weighted by molar-refractivity contribution is 6.71. The predicted molar refractivity (Wildman–Crippen MR) is 280 cm³/mol. The van der Waals surface area contributed by atoms with Crippen LogP contribution in [0.25, 0.3) is 11.3 Å². The van der Waals surface area contributed by atoms with Crippen molar-refractivity contribution in [1.82, 2.24) is 0 Å². The number of phenols is 1. The van der Waals surface area contributed by atoms with E-state index in [1.807, 2.05) is 84.9 Å².